The van der Waals surface area contributed by atoms with Crippen LogP contribution in [-0.2, 0) is 21.7 Å². The molecule has 0 aromatic heterocycles. The Morgan fingerprint density at radius 2 is 0.396 bits per heavy atom. The van der Waals surface area contributed by atoms with E-state index >= 15 is 0 Å². The summed E-state index contributed by atoms with van der Waals surface area (Å²) in [5, 5.41) is 15.9. The largest absolute Gasteiger partial charge is 0.334 e. The monoisotopic (exact) mass is 1750 g/mol. The van der Waals surface area contributed by atoms with Crippen molar-refractivity contribution in [2.75, 3.05) is 19.6 Å². The minimum atomic E-state index is -0.168. The molecule has 0 radical (unpaired) electrons. The van der Waals surface area contributed by atoms with Gasteiger partial charge in [0.2, 0.25) is 0 Å². The van der Waals surface area contributed by atoms with Crippen molar-refractivity contribution in [1.82, 2.24) is 0 Å². The SMILES string of the molecule is CC(C)(C)C12CCCCC1(C)c1cc(-c3ccc4c5c(-c6ccccc6)c6c7ccc(-c8ccc9c(c8)C8(C)CCCCC8(C(C)(C)C)N9c8ccccc8)c8c(-c9ccc%10c(c9)C9(C)CCCCC9(C(C)(C)C)N%10c9ccccc9)ccc(c6c(-c6ccccc6)c5c5ccc(-c6ccc9c(c6)C6(C)CCCCC6(C(C)(C)C)N9c6ccccc6)c3c45)c87)ccc1N2c1ccccc1. The fourth-order valence-electron chi connectivity index (χ4n) is 32.7. The first kappa shape index (κ1) is 83.8. The van der Waals surface area contributed by atoms with Crippen LogP contribution in [0.15, 0.2) is 303 Å². The molecule has 0 amide bonds. The molecule has 4 fully saturated rings. The van der Waals surface area contributed by atoms with Crippen LogP contribution >= 0.6 is 0 Å². The number of anilines is 8. The van der Waals surface area contributed by atoms with Crippen LogP contribution in [0.4, 0.5) is 45.5 Å². The number of fused-ring (bicyclic) bond motifs is 18. The third-order valence-electron chi connectivity index (χ3n) is 37.7. The summed E-state index contributed by atoms with van der Waals surface area (Å²) in [4.78, 5) is 11.3. The Kier molecular flexibility index (Phi) is 18.0. The van der Waals surface area contributed by atoms with Gasteiger partial charge in [0, 0.05) is 67.2 Å². The number of hydrogen-bond acceptors (Lipinski definition) is 4. The maximum atomic E-state index is 2.84. The molecule has 4 aliphatic carbocycles. The molecule has 17 aromatic carbocycles. The maximum Gasteiger partial charge on any atom is 0.0594 e. The highest BCUT2D eigenvalue weighted by Gasteiger charge is 2.70. The highest BCUT2D eigenvalue weighted by Crippen LogP contribution is 2.74. The van der Waals surface area contributed by atoms with Crippen LogP contribution in [0.1, 0.15) is 236 Å². The predicted octanol–water partition coefficient (Wildman–Crippen LogP) is 36.6. The molecule has 670 valence electrons. The van der Waals surface area contributed by atoms with Crippen molar-refractivity contribution in [1.29, 1.82) is 0 Å². The Labute approximate surface area is 795 Å². The summed E-state index contributed by atoms with van der Waals surface area (Å²) < 4.78 is 0. The molecule has 25 rings (SSSR count). The summed E-state index contributed by atoms with van der Waals surface area (Å²) in [5.41, 5.74) is 30.4. The van der Waals surface area contributed by atoms with E-state index in [1.807, 2.05) is 0 Å². The van der Waals surface area contributed by atoms with E-state index in [1.165, 1.54) is 251 Å². The molecule has 17 aromatic rings. The van der Waals surface area contributed by atoms with Gasteiger partial charge in [0.15, 0.2) is 0 Å². The lowest BCUT2D eigenvalue weighted by Gasteiger charge is -2.59. The number of rotatable bonds is 10. The lowest BCUT2D eigenvalue weighted by molar-refractivity contribution is 0.0607. The molecule has 0 bridgehead atoms. The lowest BCUT2D eigenvalue weighted by Crippen LogP contribution is -2.64. The van der Waals surface area contributed by atoms with E-state index in [-0.39, 0.29) is 65.5 Å². The topological polar surface area (TPSA) is 13.0 Å². The van der Waals surface area contributed by atoms with Crippen molar-refractivity contribution in [3.63, 3.8) is 0 Å². The first-order valence-corrected chi connectivity index (χ1v) is 51.1. The molecule has 4 heterocycles. The maximum absolute atomic E-state index is 2.84. The standard InChI is InChI=1S/C130H130N4/c1-119(2,3)127-75-39-35-71-123(127,13)101-79-85(55-67-105(101)131(127)89-47-27-19-28-48-89)93-59-63-97-113-98(64-60-94(111(93)113)86-56-68-106-102(80-86)124(14)72-36-40-76-128(124,120(4,5)6)132(106)90-49-29-20-30-50-90)116-110(84-45-25-18-26-46-84)118-100-66-62-96(88-58-70-108-104(82-88)126(16)74-38-42-78-130(126,122(10,11)12)134(108)92-53-33-22-34-54-92)112-95(61-65-99(114(100)112)117(118)109(115(97)116)83-43-23-17-24-44-83)87-57-69-107-103(81-87)125(15)73-37-41-77-129(125,121(7,8)9)133(107)91-51-31-21-32-52-91/h17-34,43-70,79-82H,35-42,71-78H2,1-16H3. The Morgan fingerprint density at radius 1 is 0.194 bits per heavy atom. The van der Waals surface area contributed by atoms with E-state index in [4.69, 9.17) is 0 Å². The van der Waals surface area contributed by atoms with Gasteiger partial charge in [-0.25, -0.2) is 0 Å². The van der Waals surface area contributed by atoms with Crippen molar-refractivity contribution in [3.8, 4) is 66.8 Å². The van der Waals surface area contributed by atoms with Gasteiger partial charge in [-0.15, -0.1) is 0 Å². The molecule has 4 nitrogen and oxygen atoms in total. The normalized spacial score (nSPS) is 25.0. The molecular formula is C130H130N4. The zero-order valence-electron chi connectivity index (χ0n) is 82.0. The third-order valence-corrected chi connectivity index (χ3v) is 37.7. The summed E-state index contributed by atoms with van der Waals surface area (Å²) in [6, 6.07) is 121. The quantitative estimate of drug-likeness (QED) is 0.135. The average molecular weight is 1750 g/mol. The van der Waals surface area contributed by atoms with Gasteiger partial charge in [-0.05, 0) is 324 Å². The van der Waals surface area contributed by atoms with Crippen LogP contribution in [-0.4, -0.2) is 22.2 Å². The second-order valence-corrected chi connectivity index (χ2v) is 47.3. The van der Waals surface area contributed by atoms with Crippen molar-refractivity contribution in [2.45, 2.75) is 257 Å². The summed E-state index contributed by atoms with van der Waals surface area (Å²) in [6.07, 6.45) is 18.7. The van der Waals surface area contributed by atoms with E-state index in [2.05, 4.69) is 434 Å². The van der Waals surface area contributed by atoms with Gasteiger partial charge < -0.3 is 19.6 Å². The lowest BCUT2D eigenvalue weighted by atomic mass is 9.52. The van der Waals surface area contributed by atoms with Gasteiger partial charge in [0.25, 0.3) is 0 Å². The highest BCUT2D eigenvalue weighted by atomic mass is 15.3. The fourth-order valence-corrected chi connectivity index (χ4v) is 32.7. The van der Waals surface area contributed by atoms with Gasteiger partial charge in [-0.3, -0.25) is 0 Å². The molecular weight excluding hydrogens is 1620 g/mol. The van der Waals surface area contributed by atoms with E-state index < -0.39 is 0 Å². The molecule has 0 spiro atoms. The Balaban J connectivity index is 0.804. The zero-order valence-corrected chi connectivity index (χ0v) is 82.0. The molecule has 8 atom stereocenters. The van der Waals surface area contributed by atoms with Crippen LogP contribution in [0, 0.1) is 21.7 Å². The number of benzene rings is 15. The third kappa shape index (κ3) is 10.6. The van der Waals surface area contributed by atoms with Crippen LogP contribution in [0.25, 0.3) is 131 Å². The molecule has 8 aliphatic rings. The Morgan fingerprint density at radius 3 is 0.604 bits per heavy atom. The number of nitrogens with zero attached hydrogens (tertiary/aromatic N) is 4. The fraction of sp³-hybridized carbons (Fsp3) is 0.338. The Hall–Kier alpha value is -12.0. The van der Waals surface area contributed by atoms with Gasteiger partial charge in [0.1, 0.15) is 0 Å². The Bertz CT molecular complexity index is 6780. The number of hydrogen-bond donors (Lipinski definition) is 0. The zero-order chi connectivity index (χ0) is 91.8. The summed E-state index contributed by atoms with van der Waals surface area (Å²) >= 11 is 0. The van der Waals surface area contributed by atoms with E-state index in [0.29, 0.717) is 0 Å². The first-order valence-electron chi connectivity index (χ1n) is 51.1. The molecule has 0 saturated heterocycles. The van der Waals surface area contributed by atoms with Crippen molar-refractivity contribution < 1.29 is 0 Å². The van der Waals surface area contributed by atoms with Crippen molar-refractivity contribution in [3.05, 3.63) is 326 Å². The summed E-state index contributed by atoms with van der Waals surface area (Å²) in [7, 11) is 0. The van der Waals surface area contributed by atoms with Gasteiger partial charge >= 0.3 is 0 Å². The van der Waals surface area contributed by atoms with Crippen LogP contribution in [0.2, 0.25) is 0 Å². The van der Waals surface area contributed by atoms with Crippen LogP contribution < -0.4 is 19.6 Å². The number of para-hydroxylation sites is 4. The minimum absolute atomic E-state index is 0.0612. The first-order chi connectivity index (χ1) is 64.5. The highest BCUT2D eigenvalue weighted by molar-refractivity contribution is 6.48. The summed E-state index contributed by atoms with van der Waals surface area (Å²) in [6.45, 7) is 41.2. The smallest absolute Gasteiger partial charge is 0.0594 e. The predicted molar refractivity (Wildman–Crippen MR) is 573 cm³/mol. The molecule has 4 saturated carbocycles. The minimum Gasteiger partial charge on any atom is -0.334 e. The molecule has 0 N–H and O–H groups in total. The molecule has 4 aliphatic heterocycles. The van der Waals surface area contributed by atoms with E-state index in [9.17, 15) is 0 Å². The van der Waals surface area contributed by atoms with Crippen molar-refractivity contribution in [2.24, 2.45) is 21.7 Å². The van der Waals surface area contributed by atoms with Crippen LogP contribution in [0.5, 0.6) is 0 Å². The van der Waals surface area contributed by atoms with Gasteiger partial charge in [-0.1, -0.05) is 368 Å². The van der Waals surface area contributed by atoms with Gasteiger partial charge in [-0.2, -0.15) is 0 Å². The van der Waals surface area contributed by atoms with E-state index in [1.54, 1.807) is 0 Å². The molecule has 8 unspecified atom stereocenters. The second kappa shape index (κ2) is 28.8. The van der Waals surface area contributed by atoms with Gasteiger partial charge in [0.05, 0.1) is 22.2 Å². The summed E-state index contributed by atoms with van der Waals surface area (Å²) in [5.74, 6) is 0. The van der Waals surface area contributed by atoms with Crippen molar-refractivity contribution >= 4 is 110 Å². The second-order valence-electron chi connectivity index (χ2n) is 47.3. The van der Waals surface area contributed by atoms with E-state index in [0.717, 1.165) is 51.4 Å². The van der Waals surface area contributed by atoms with Crippen LogP contribution in [0.3, 0.4) is 0 Å². The molecule has 4 heteroatoms. The average Bonchev–Trinajstić information content (AvgIpc) is 1.51. The molecule has 134 heavy (non-hydrogen) atoms.